The molecule has 0 bridgehead atoms. The van der Waals surface area contributed by atoms with Crippen LogP contribution in [-0.2, 0) is 4.74 Å². The van der Waals surface area contributed by atoms with Crippen molar-refractivity contribution in [1.82, 2.24) is 4.90 Å². The number of urea groups is 1. The van der Waals surface area contributed by atoms with Crippen LogP contribution in [-0.4, -0.2) is 37.2 Å². The number of methoxy groups -OCH3 is 1. The fourth-order valence-corrected chi connectivity index (χ4v) is 2.03. The van der Waals surface area contributed by atoms with Crippen molar-refractivity contribution in [3.63, 3.8) is 0 Å². The maximum absolute atomic E-state index is 12.4. The number of ether oxygens (including phenoxy) is 1. The SMILES string of the molecule is CCC(C)N(CCOC)C(=O)Nc1cccc(C(C)N)c1. The lowest BCUT2D eigenvalue weighted by atomic mass is 10.1. The molecule has 3 N–H and O–H groups in total. The molecule has 0 fully saturated rings. The predicted octanol–water partition coefficient (Wildman–Crippen LogP) is 2.99. The zero-order valence-corrected chi connectivity index (χ0v) is 13.4. The second-order valence-electron chi connectivity index (χ2n) is 5.29. The highest BCUT2D eigenvalue weighted by molar-refractivity contribution is 5.89. The summed E-state index contributed by atoms with van der Waals surface area (Å²) < 4.78 is 5.08. The molecule has 2 amide bonds. The van der Waals surface area contributed by atoms with Crippen molar-refractivity contribution in [2.24, 2.45) is 5.73 Å². The van der Waals surface area contributed by atoms with E-state index >= 15 is 0 Å². The van der Waals surface area contributed by atoms with Crippen molar-refractivity contribution in [2.75, 3.05) is 25.6 Å². The summed E-state index contributed by atoms with van der Waals surface area (Å²) in [4.78, 5) is 14.2. The minimum atomic E-state index is -0.108. The normalized spacial score (nSPS) is 13.6. The van der Waals surface area contributed by atoms with Crippen molar-refractivity contribution in [3.05, 3.63) is 29.8 Å². The van der Waals surface area contributed by atoms with Crippen LogP contribution in [0.15, 0.2) is 24.3 Å². The zero-order valence-electron chi connectivity index (χ0n) is 13.4. The number of nitrogens with zero attached hydrogens (tertiary/aromatic N) is 1. The first kappa shape index (κ1) is 17.5. The number of carbonyl (C=O) groups is 1. The molecular formula is C16H27N3O2. The fraction of sp³-hybridized carbons (Fsp3) is 0.562. The summed E-state index contributed by atoms with van der Waals surface area (Å²) in [5, 5.41) is 2.94. The first-order valence-electron chi connectivity index (χ1n) is 7.41. The van der Waals surface area contributed by atoms with E-state index in [0.29, 0.717) is 13.2 Å². The summed E-state index contributed by atoms with van der Waals surface area (Å²) in [5.41, 5.74) is 7.63. The summed E-state index contributed by atoms with van der Waals surface area (Å²) in [6.07, 6.45) is 0.900. The Balaban J connectivity index is 2.78. The van der Waals surface area contributed by atoms with Crippen LogP contribution >= 0.6 is 0 Å². The van der Waals surface area contributed by atoms with Gasteiger partial charge in [-0.25, -0.2) is 4.79 Å². The minimum absolute atomic E-state index is 0.0546. The van der Waals surface area contributed by atoms with Gasteiger partial charge in [0.25, 0.3) is 0 Å². The van der Waals surface area contributed by atoms with Gasteiger partial charge < -0.3 is 20.7 Å². The Morgan fingerprint density at radius 1 is 1.43 bits per heavy atom. The molecule has 1 aromatic rings. The number of nitrogens with two attached hydrogens (primary N) is 1. The molecule has 0 saturated carbocycles. The summed E-state index contributed by atoms with van der Waals surface area (Å²) in [6, 6.07) is 7.64. The molecule has 0 aliphatic carbocycles. The van der Waals surface area contributed by atoms with E-state index in [1.165, 1.54) is 0 Å². The average molecular weight is 293 g/mol. The molecular weight excluding hydrogens is 266 g/mol. The van der Waals surface area contributed by atoms with E-state index in [2.05, 4.69) is 12.2 Å². The zero-order chi connectivity index (χ0) is 15.8. The van der Waals surface area contributed by atoms with Crippen LogP contribution in [0.5, 0.6) is 0 Å². The van der Waals surface area contributed by atoms with E-state index in [0.717, 1.165) is 17.7 Å². The molecule has 0 radical (unpaired) electrons. The molecule has 5 heteroatoms. The molecule has 0 aromatic heterocycles. The van der Waals surface area contributed by atoms with Crippen LogP contribution in [0.1, 0.15) is 38.8 Å². The van der Waals surface area contributed by atoms with Crippen molar-refractivity contribution >= 4 is 11.7 Å². The van der Waals surface area contributed by atoms with E-state index in [1.807, 2.05) is 38.1 Å². The van der Waals surface area contributed by atoms with Crippen molar-refractivity contribution in [1.29, 1.82) is 0 Å². The third-order valence-corrected chi connectivity index (χ3v) is 3.58. The van der Waals surface area contributed by atoms with Crippen LogP contribution in [0.3, 0.4) is 0 Å². The van der Waals surface area contributed by atoms with Gasteiger partial charge in [-0.1, -0.05) is 19.1 Å². The fourth-order valence-electron chi connectivity index (χ4n) is 2.03. The van der Waals surface area contributed by atoms with Crippen LogP contribution in [0, 0.1) is 0 Å². The highest BCUT2D eigenvalue weighted by atomic mass is 16.5. The van der Waals surface area contributed by atoms with E-state index in [9.17, 15) is 4.79 Å². The second kappa shape index (κ2) is 8.64. The second-order valence-corrected chi connectivity index (χ2v) is 5.29. The van der Waals surface area contributed by atoms with Crippen molar-refractivity contribution in [2.45, 2.75) is 39.3 Å². The summed E-state index contributed by atoms with van der Waals surface area (Å²) in [5.74, 6) is 0. The van der Waals surface area contributed by atoms with Gasteiger partial charge in [-0.3, -0.25) is 0 Å². The molecule has 2 atom stereocenters. The summed E-state index contributed by atoms with van der Waals surface area (Å²) in [6.45, 7) is 7.12. The first-order chi connectivity index (χ1) is 9.99. The Morgan fingerprint density at radius 2 is 2.14 bits per heavy atom. The molecule has 0 aliphatic heterocycles. The topological polar surface area (TPSA) is 67.6 Å². The molecule has 1 rings (SSSR count). The van der Waals surface area contributed by atoms with E-state index < -0.39 is 0 Å². The Bertz CT molecular complexity index is 449. The van der Waals surface area contributed by atoms with Gasteiger partial charge in [0.2, 0.25) is 0 Å². The summed E-state index contributed by atoms with van der Waals surface area (Å²) in [7, 11) is 1.64. The van der Waals surface area contributed by atoms with Gasteiger partial charge >= 0.3 is 6.03 Å². The smallest absolute Gasteiger partial charge is 0.322 e. The maximum atomic E-state index is 12.4. The molecule has 0 saturated heterocycles. The minimum Gasteiger partial charge on any atom is -0.383 e. The number of hydrogen-bond donors (Lipinski definition) is 2. The van der Waals surface area contributed by atoms with Gasteiger partial charge in [0.15, 0.2) is 0 Å². The lowest BCUT2D eigenvalue weighted by molar-refractivity contribution is 0.138. The highest BCUT2D eigenvalue weighted by Crippen LogP contribution is 2.16. The molecule has 0 spiro atoms. The van der Waals surface area contributed by atoms with E-state index in [4.69, 9.17) is 10.5 Å². The van der Waals surface area contributed by atoms with Crippen LogP contribution in [0.25, 0.3) is 0 Å². The average Bonchev–Trinajstić information content (AvgIpc) is 2.47. The van der Waals surface area contributed by atoms with Crippen molar-refractivity contribution < 1.29 is 9.53 Å². The third kappa shape index (κ3) is 5.36. The van der Waals surface area contributed by atoms with E-state index in [1.54, 1.807) is 12.0 Å². The van der Waals surface area contributed by atoms with Crippen LogP contribution < -0.4 is 11.1 Å². The number of benzene rings is 1. The molecule has 118 valence electrons. The Morgan fingerprint density at radius 3 is 2.71 bits per heavy atom. The number of hydrogen-bond acceptors (Lipinski definition) is 3. The third-order valence-electron chi connectivity index (χ3n) is 3.58. The van der Waals surface area contributed by atoms with E-state index in [-0.39, 0.29) is 18.1 Å². The monoisotopic (exact) mass is 293 g/mol. The predicted molar refractivity (Wildman–Crippen MR) is 86.4 cm³/mol. The Hall–Kier alpha value is -1.59. The van der Waals surface area contributed by atoms with Gasteiger partial charge in [-0.15, -0.1) is 0 Å². The van der Waals surface area contributed by atoms with Gasteiger partial charge in [0, 0.05) is 31.4 Å². The highest BCUT2D eigenvalue weighted by Gasteiger charge is 2.18. The van der Waals surface area contributed by atoms with Crippen molar-refractivity contribution in [3.8, 4) is 0 Å². The standard InChI is InChI=1S/C16H27N3O2/c1-5-12(2)19(9-10-21-4)16(20)18-15-8-6-7-14(11-15)13(3)17/h6-8,11-13H,5,9-10,17H2,1-4H3,(H,18,20). The first-order valence-corrected chi connectivity index (χ1v) is 7.41. The number of nitrogens with one attached hydrogen (secondary N) is 1. The van der Waals surface area contributed by atoms with Crippen LogP contribution in [0.2, 0.25) is 0 Å². The van der Waals surface area contributed by atoms with Gasteiger partial charge in [0.05, 0.1) is 6.61 Å². The largest absolute Gasteiger partial charge is 0.383 e. The maximum Gasteiger partial charge on any atom is 0.322 e. The number of carbonyl (C=O) groups excluding carboxylic acids is 1. The number of rotatable bonds is 7. The van der Waals surface area contributed by atoms with Gasteiger partial charge in [-0.2, -0.15) is 0 Å². The molecule has 0 aliphatic rings. The summed E-state index contributed by atoms with van der Waals surface area (Å²) >= 11 is 0. The lowest BCUT2D eigenvalue weighted by Gasteiger charge is -2.28. The van der Waals surface area contributed by atoms with Crippen LogP contribution in [0.4, 0.5) is 10.5 Å². The quantitative estimate of drug-likeness (QED) is 0.812. The Labute approximate surface area is 127 Å². The molecule has 5 nitrogen and oxygen atoms in total. The number of amides is 2. The molecule has 0 heterocycles. The lowest BCUT2D eigenvalue weighted by Crippen LogP contribution is -2.43. The molecule has 1 aromatic carbocycles. The van der Waals surface area contributed by atoms with Gasteiger partial charge in [0.1, 0.15) is 0 Å². The van der Waals surface area contributed by atoms with Gasteiger partial charge in [-0.05, 0) is 38.0 Å². The Kier molecular flexibility index (Phi) is 7.19. The number of anilines is 1. The molecule has 21 heavy (non-hydrogen) atoms. The molecule has 2 unspecified atom stereocenters.